The summed E-state index contributed by atoms with van der Waals surface area (Å²) in [6.45, 7) is 4.19. The first-order valence-corrected chi connectivity index (χ1v) is 7.14. The summed E-state index contributed by atoms with van der Waals surface area (Å²) in [5.41, 5.74) is 13.7. The van der Waals surface area contributed by atoms with Crippen molar-refractivity contribution in [3.63, 3.8) is 0 Å². The Morgan fingerprint density at radius 3 is 2.40 bits per heavy atom. The van der Waals surface area contributed by atoms with Crippen LogP contribution in [0.3, 0.4) is 0 Å². The van der Waals surface area contributed by atoms with Crippen molar-refractivity contribution in [1.29, 1.82) is 0 Å². The van der Waals surface area contributed by atoms with E-state index >= 15 is 0 Å². The summed E-state index contributed by atoms with van der Waals surface area (Å²) in [4.78, 5) is 0. The van der Waals surface area contributed by atoms with Gasteiger partial charge in [-0.3, -0.25) is 0 Å². The second-order valence-electron chi connectivity index (χ2n) is 5.70. The van der Waals surface area contributed by atoms with Crippen molar-refractivity contribution in [1.82, 2.24) is 0 Å². The van der Waals surface area contributed by atoms with Crippen LogP contribution < -0.4 is 10.5 Å². The molecule has 0 saturated heterocycles. The molecule has 2 N–H and O–H groups in total. The lowest BCUT2D eigenvalue weighted by atomic mass is 9.96. The van der Waals surface area contributed by atoms with E-state index in [0.717, 1.165) is 18.6 Å². The lowest BCUT2D eigenvalue weighted by Gasteiger charge is -2.13. The van der Waals surface area contributed by atoms with Crippen molar-refractivity contribution in [3.05, 3.63) is 52.6 Å². The fraction of sp³-hybridized carbons (Fsp3) is 0.333. The molecule has 0 radical (unpaired) electrons. The Hall–Kier alpha value is -1.80. The molecule has 2 aromatic rings. The van der Waals surface area contributed by atoms with Gasteiger partial charge in [-0.1, -0.05) is 18.2 Å². The summed E-state index contributed by atoms with van der Waals surface area (Å²) < 4.78 is 5.44. The van der Waals surface area contributed by atoms with Crippen LogP contribution in [-0.4, -0.2) is 7.11 Å². The number of methoxy groups -OCH3 is 1. The zero-order chi connectivity index (χ0) is 14.3. The molecule has 0 aliphatic heterocycles. The van der Waals surface area contributed by atoms with Crippen molar-refractivity contribution >= 4 is 0 Å². The SMILES string of the molecule is COc1c(C)cc(-c2ccc3c(c2)CCC3N)cc1C. The Kier molecular flexibility index (Phi) is 3.27. The first kappa shape index (κ1) is 13.2. The van der Waals surface area contributed by atoms with Gasteiger partial charge >= 0.3 is 0 Å². The number of fused-ring (bicyclic) bond motifs is 1. The largest absolute Gasteiger partial charge is 0.496 e. The molecule has 1 unspecified atom stereocenters. The maximum absolute atomic E-state index is 6.10. The van der Waals surface area contributed by atoms with Gasteiger partial charge < -0.3 is 10.5 Å². The van der Waals surface area contributed by atoms with E-state index in [1.807, 2.05) is 0 Å². The van der Waals surface area contributed by atoms with Gasteiger partial charge in [-0.05, 0) is 72.2 Å². The van der Waals surface area contributed by atoms with Crippen LogP contribution in [0.5, 0.6) is 5.75 Å². The second-order valence-corrected chi connectivity index (χ2v) is 5.70. The van der Waals surface area contributed by atoms with Gasteiger partial charge in [-0.15, -0.1) is 0 Å². The summed E-state index contributed by atoms with van der Waals surface area (Å²) in [5, 5.41) is 0. The van der Waals surface area contributed by atoms with Crippen molar-refractivity contribution in [2.45, 2.75) is 32.7 Å². The average molecular weight is 267 g/mol. The zero-order valence-corrected chi connectivity index (χ0v) is 12.4. The fourth-order valence-electron chi connectivity index (χ4n) is 3.27. The topological polar surface area (TPSA) is 35.2 Å². The molecule has 1 atom stereocenters. The molecule has 0 bridgehead atoms. The zero-order valence-electron chi connectivity index (χ0n) is 12.4. The lowest BCUT2D eigenvalue weighted by molar-refractivity contribution is 0.408. The summed E-state index contributed by atoms with van der Waals surface area (Å²) >= 11 is 0. The normalized spacial score (nSPS) is 17.1. The van der Waals surface area contributed by atoms with Crippen LogP contribution in [0, 0.1) is 13.8 Å². The second kappa shape index (κ2) is 4.95. The Morgan fingerprint density at radius 2 is 1.75 bits per heavy atom. The number of ether oxygens (including phenoxy) is 1. The summed E-state index contributed by atoms with van der Waals surface area (Å²) in [5.74, 6) is 0.983. The van der Waals surface area contributed by atoms with Crippen molar-refractivity contribution < 1.29 is 4.74 Å². The highest BCUT2D eigenvalue weighted by Gasteiger charge is 2.19. The molecule has 0 saturated carbocycles. The van der Waals surface area contributed by atoms with Gasteiger partial charge in [0, 0.05) is 6.04 Å². The molecule has 0 amide bonds. The van der Waals surface area contributed by atoms with Gasteiger partial charge in [0.1, 0.15) is 5.75 Å². The average Bonchev–Trinajstić information content (AvgIpc) is 2.79. The third-order valence-corrected chi connectivity index (χ3v) is 4.26. The van der Waals surface area contributed by atoms with Crippen LogP contribution in [-0.2, 0) is 6.42 Å². The smallest absolute Gasteiger partial charge is 0.124 e. The first-order valence-electron chi connectivity index (χ1n) is 7.14. The molecule has 3 rings (SSSR count). The number of hydrogen-bond donors (Lipinski definition) is 1. The van der Waals surface area contributed by atoms with Gasteiger partial charge in [0.15, 0.2) is 0 Å². The molecule has 1 aliphatic carbocycles. The Balaban J connectivity index is 2.06. The van der Waals surface area contributed by atoms with Gasteiger partial charge in [-0.25, -0.2) is 0 Å². The molecule has 20 heavy (non-hydrogen) atoms. The third-order valence-electron chi connectivity index (χ3n) is 4.26. The van der Waals surface area contributed by atoms with Gasteiger partial charge in [0.2, 0.25) is 0 Å². The Labute approximate surface area is 120 Å². The van der Waals surface area contributed by atoms with E-state index in [0.29, 0.717) is 0 Å². The van der Waals surface area contributed by atoms with Gasteiger partial charge in [0.05, 0.1) is 7.11 Å². The monoisotopic (exact) mass is 267 g/mol. The quantitative estimate of drug-likeness (QED) is 0.895. The summed E-state index contributed by atoms with van der Waals surface area (Å²) in [6, 6.07) is 11.3. The minimum Gasteiger partial charge on any atom is -0.496 e. The molecular formula is C18H21NO. The maximum atomic E-state index is 6.10. The number of benzene rings is 2. The number of nitrogens with two attached hydrogens (primary N) is 1. The molecule has 0 fully saturated rings. The van der Waals surface area contributed by atoms with Crippen LogP contribution in [0.2, 0.25) is 0 Å². The standard InChI is InChI=1S/C18H21NO/c1-11-8-15(9-12(2)18(11)20-3)13-4-6-16-14(10-13)5-7-17(16)19/h4,6,8-10,17H,5,7,19H2,1-3H3. The molecular weight excluding hydrogens is 246 g/mol. The van der Waals surface area contributed by atoms with Crippen molar-refractivity contribution in [2.24, 2.45) is 5.73 Å². The van der Waals surface area contributed by atoms with E-state index in [2.05, 4.69) is 44.2 Å². The number of rotatable bonds is 2. The van der Waals surface area contributed by atoms with Crippen LogP contribution in [0.25, 0.3) is 11.1 Å². The van der Waals surface area contributed by atoms with Crippen molar-refractivity contribution in [2.75, 3.05) is 7.11 Å². The van der Waals surface area contributed by atoms with Crippen molar-refractivity contribution in [3.8, 4) is 16.9 Å². The fourth-order valence-corrected chi connectivity index (χ4v) is 3.27. The summed E-state index contributed by atoms with van der Waals surface area (Å²) in [7, 11) is 1.73. The van der Waals surface area contributed by atoms with Crippen LogP contribution >= 0.6 is 0 Å². The predicted octanol–water partition coefficient (Wildman–Crippen LogP) is 3.93. The maximum Gasteiger partial charge on any atom is 0.124 e. The molecule has 1 aliphatic rings. The van der Waals surface area contributed by atoms with E-state index in [1.54, 1.807) is 7.11 Å². The molecule has 2 nitrogen and oxygen atoms in total. The first-order chi connectivity index (χ1) is 9.60. The Morgan fingerprint density at radius 1 is 1.05 bits per heavy atom. The summed E-state index contributed by atoms with van der Waals surface area (Å²) in [6.07, 6.45) is 2.16. The van der Waals surface area contributed by atoms with E-state index in [-0.39, 0.29) is 6.04 Å². The molecule has 0 heterocycles. The minimum absolute atomic E-state index is 0.221. The lowest BCUT2D eigenvalue weighted by Crippen LogP contribution is -2.04. The van der Waals surface area contributed by atoms with E-state index < -0.39 is 0 Å². The van der Waals surface area contributed by atoms with Crippen LogP contribution in [0.15, 0.2) is 30.3 Å². The Bertz CT molecular complexity index is 637. The van der Waals surface area contributed by atoms with Gasteiger partial charge in [0.25, 0.3) is 0 Å². The molecule has 0 spiro atoms. The molecule has 2 heteroatoms. The third kappa shape index (κ3) is 2.10. The van der Waals surface area contributed by atoms with Crippen LogP contribution in [0.4, 0.5) is 0 Å². The van der Waals surface area contributed by atoms with E-state index in [4.69, 9.17) is 10.5 Å². The highest BCUT2D eigenvalue weighted by atomic mass is 16.5. The molecule has 104 valence electrons. The van der Waals surface area contributed by atoms with Gasteiger partial charge in [-0.2, -0.15) is 0 Å². The predicted molar refractivity (Wildman–Crippen MR) is 83.2 cm³/mol. The van der Waals surface area contributed by atoms with Crippen LogP contribution in [0.1, 0.15) is 34.7 Å². The molecule has 2 aromatic carbocycles. The highest BCUT2D eigenvalue weighted by Crippen LogP contribution is 2.35. The highest BCUT2D eigenvalue weighted by molar-refractivity contribution is 5.69. The minimum atomic E-state index is 0.221. The van der Waals surface area contributed by atoms with E-state index in [9.17, 15) is 0 Å². The van der Waals surface area contributed by atoms with E-state index in [1.165, 1.54) is 33.4 Å². The number of aryl methyl sites for hydroxylation is 3. The molecule has 0 aromatic heterocycles. The number of hydrogen-bond acceptors (Lipinski definition) is 2.